The van der Waals surface area contributed by atoms with E-state index in [9.17, 15) is 13.2 Å². The molecule has 0 bridgehead atoms. The zero-order chi connectivity index (χ0) is 20.9. The maximum atomic E-state index is 12.6. The largest absolute Gasteiger partial charge is 0.457 e. The average molecular weight is 405 g/mol. The fourth-order valence-electron chi connectivity index (χ4n) is 2.61. The van der Waals surface area contributed by atoms with Crippen LogP contribution >= 0.6 is 0 Å². The molecule has 0 saturated heterocycles. The molecule has 1 amide bonds. The number of benzene rings is 2. The molecule has 2 aromatic rings. The van der Waals surface area contributed by atoms with Gasteiger partial charge < -0.3 is 10.1 Å². The molecule has 1 N–H and O–H groups in total. The first kappa shape index (κ1) is 21.8. The summed E-state index contributed by atoms with van der Waals surface area (Å²) in [6.45, 7) is 7.47. The van der Waals surface area contributed by atoms with E-state index >= 15 is 0 Å². The van der Waals surface area contributed by atoms with Crippen LogP contribution in [0, 0.1) is 5.92 Å². The number of nitrogens with one attached hydrogen (secondary N) is 1. The molecule has 2 unspecified atom stereocenters. The van der Waals surface area contributed by atoms with Gasteiger partial charge in [0.05, 0.1) is 11.9 Å². The number of sulfonamides is 1. The number of carbonyl (C=O) groups is 1. The third-order valence-electron chi connectivity index (χ3n) is 4.53. The number of anilines is 1. The topological polar surface area (TPSA) is 75.7 Å². The lowest BCUT2D eigenvalue weighted by Crippen LogP contribution is -2.50. The third-order valence-corrected chi connectivity index (χ3v) is 5.77. The molecular weight excluding hydrogens is 376 g/mol. The van der Waals surface area contributed by atoms with Crippen LogP contribution in [0.25, 0.3) is 0 Å². The minimum absolute atomic E-state index is 0.0574. The highest BCUT2D eigenvalue weighted by atomic mass is 32.2. The highest BCUT2D eigenvalue weighted by Crippen LogP contribution is 2.27. The van der Waals surface area contributed by atoms with Crippen molar-refractivity contribution in [3.8, 4) is 11.5 Å². The Morgan fingerprint density at radius 2 is 1.46 bits per heavy atom. The number of nitrogens with zero attached hydrogens (tertiary/aromatic N) is 1. The van der Waals surface area contributed by atoms with Gasteiger partial charge in [-0.3, -0.25) is 9.10 Å². The van der Waals surface area contributed by atoms with Crippen LogP contribution in [-0.4, -0.2) is 32.7 Å². The molecule has 0 aliphatic rings. The van der Waals surface area contributed by atoms with Crippen molar-refractivity contribution in [3.63, 3.8) is 0 Å². The summed E-state index contributed by atoms with van der Waals surface area (Å²) in [6, 6.07) is 15.0. The lowest BCUT2D eigenvalue weighted by Gasteiger charge is -2.30. The molecule has 0 aliphatic carbocycles. The summed E-state index contributed by atoms with van der Waals surface area (Å²) in [5.74, 6) is 1.17. The molecule has 152 valence electrons. The number of rotatable bonds is 8. The van der Waals surface area contributed by atoms with Gasteiger partial charge in [0.25, 0.3) is 0 Å². The molecule has 6 nitrogen and oxygen atoms in total. The number of para-hydroxylation sites is 1. The molecule has 0 fully saturated rings. The first-order valence-corrected chi connectivity index (χ1v) is 11.1. The van der Waals surface area contributed by atoms with E-state index in [4.69, 9.17) is 4.74 Å². The van der Waals surface area contributed by atoms with Gasteiger partial charge in [-0.25, -0.2) is 8.42 Å². The number of carbonyl (C=O) groups excluding carboxylic acids is 1. The highest BCUT2D eigenvalue weighted by Gasteiger charge is 2.30. The fourth-order valence-corrected chi connectivity index (χ4v) is 3.78. The van der Waals surface area contributed by atoms with Crippen molar-refractivity contribution < 1.29 is 17.9 Å². The monoisotopic (exact) mass is 404 g/mol. The second-order valence-electron chi connectivity index (χ2n) is 7.19. The van der Waals surface area contributed by atoms with Gasteiger partial charge in [0.15, 0.2) is 0 Å². The van der Waals surface area contributed by atoms with E-state index in [1.165, 1.54) is 0 Å². The zero-order valence-corrected chi connectivity index (χ0v) is 17.7. The molecular formula is C21H28N2O4S. The highest BCUT2D eigenvalue weighted by molar-refractivity contribution is 7.92. The average Bonchev–Trinajstić information content (AvgIpc) is 2.62. The number of ether oxygens (including phenoxy) is 1. The number of hydrogen-bond acceptors (Lipinski definition) is 4. The molecule has 2 rings (SSSR count). The molecule has 0 saturated carbocycles. The van der Waals surface area contributed by atoms with Gasteiger partial charge >= 0.3 is 0 Å². The lowest BCUT2D eigenvalue weighted by molar-refractivity contribution is -0.122. The minimum Gasteiger partial charge on any atom is -0.457 e. The Kier molecular flexibility index (Phi) is 7.07. The molecule has 2 aromatic carbocycles. The molecule has 0 spiro atoms. The summed E-state index contributed by atoms with van der Waals surface area (Å²) in [4.78, 5) is 12.6. The van der Waals surface area contributed by atoms with Crippen molar-refractivity contribution in [2.75, 3.05) is 10.6 Å². The second-order valence-corrected chi connectivity index (χ2v) is 9.04. The van der Waals surface area contributed by atoms with E-state index in [1.807, 2.05) is 51.1 Å². The Morgan fingerprint density at radius 1 is 0.929 bits per heavy atom. The number of hydrogen-bond donors (Lipinski definition) is 1. The van der Waals surface area contributed by atoms with Crippen molar-refractivity contribution >= 4 is 21.6 Å². The Balaban J connectivity index is 2.22. The van der Waals surface area contributed by atoms with Gasteiger partial charge in [0.2, 0.25) is 15.9 Å². The standard InChI is InChI=1S/C21H28N2O4S/c1-15(2)16(3)22-21(24)17(4)23(28(5,25)26)18-11-13-20(14-12-18)27-19-9-7-6-8-10-19/h6-17H,1-5H3,(H,22,24). The molecule has 0 radical (unpaired) electrons. The van der Waals surface area contributed by atoms with Crippen LogP contribution < -0.4 is 14.4 Å². The normalized spacial score (nSPS) is 13.6. The minimum atomic E-state index is -3.66. The molecule has 0 aliphatic heterocycles. The summed E-state index contributed by atoms with van der Waals surface area (Å²) in [5, 5.41) is 2.88. The van der Waals surface area contributed by atoms with Crippen molar-refractivity contribution in [1.29, 1.82) is 0 Å². The third kappa shape index (κ3) is 5.73. The Labute approximate surface area is 167 Å². The molecule has 0 heterocycles. The SMILES string of the molecule is CC(C)C(C)NC(=O)C(C)N(c1ccc(Oc2ccccc2)cc1)S(C)(=O)=O. The van der Waals surface area contributed by atoms with Gasteiger partial charge in [0, 0.05) is 6.04 Å². The second kappa shape index (κ2) is 9.10. The van der Waals surface area contributed by atoms with E-state index in [-0.39, 0.29) is 17.9 Å². The van der Waals surface area contributed by atoms with Crippen LogP contribution in [0.5, 0.6) is 11.5 Å². The lowest BCUT2D eigenvalue weighted by atomic mass is 10.1. The van der Waals surface area contributed by atoms with Crippen LogP contribution in [0.3, 0.4) is 0 Å². The summed E-state index contributed by atoms with van der Waals surface area (Å²) in [5.41, 5.74) is 0.405. The predicted molar refractivity (Wildman–Crippen MR) is 112 cm³/mol. The zero-order valence-electron chi connectivity index (χ0n) is 16.9. The Bertz CT molecular complexity index is 880. The van der Waals surface area contributed by atoms with Crippen molar-refractivity contribution in [2.24, 2.45) is 5.92 Å². The smallest absolute Gasteiger partial charge is 0.243 e. The van der Waals surface area contributed by atoms with E-state index in [0.29, 0.717) is 17.2 Å². The first-order chi connectivity index (χ1) is 13.1. The van der Waals surface area contributed by atoms with Crippen molar-refractivity contribution in [3.05, 3.63) is 54.6 Å². The Hall–Kier alpha value is -2.54. The van der Waals surface area contributed by atoms with E-state index in [2.05, 4.69) is 5.32 Å². The molecule has 28 heavy (non-hydrogen) atoms. The predicted octanol–water partition coefficient (Wildman–Crippen LogP) is 3.79. The van der Waals surface area contributed by atoms with Gasteiger partial charge in [0.1, 0.15) is 17.5 Å². The van der Waals surface area contributed by atoms with Gasteiger partial charge in [-0.1, -0.05) is 32.0 Å². The van der Waals surface area contributed by atoms with Crippen LogP contribution in [0.2, 0.25) is 0 Å². The van der Waals surface area contributed by atoms with Crippen molar-refractivity contribution in [2.45, 2.75) is 39.8 Å². The van der Waals surface area contributed by atoms with Crippen molar-refractivity contribution in [1.82, 2.24) is 5.32 Å². The van der Waals surface area contributed by atoms with Gasteiger partial charge in [-0.05, 0) is 56.2 Å². The quantitative estimate of drug-likeness (QED) is 0.726. The fraction of sp³-hybridized carbons (Fsp3) is 0.381. The maximum Gasteiger partial charge on any atom is 0.243 e. The van der Waals surface area contributed by atoms with Gasteiger partial charge in [-0.15, -0.1) is 0 Å². The molecule has 7 heteroatoms. The van der Waals surface area contributed by atoms with E-state index in [0.717, 1.165) is 10.6 Å². The van der Waals surface area contributed by atoms with E-state index < -0.39 is 16.1 Å². The van der Waals surface area contributed by atoms with Crippen LogP contribution in [0.4, 0.5) is 5.69 Å². The first-order valence-electron chi connectivity index (χ1n) is 9.22. The van der Waals surface area contributed by atoms with Crippen LogP contribution in [0.15, 0.2) is 54.6 Å². The van der Waals surface area contributed by atoms with Gasteiger partial charge in [-0.2, -0.15) is 0 Å². The summed E-state index contributed by atoms with van der Waals surface area (Å²) < 4.78 is 31.6. The summed E-state index contributed by atoms with van der Waals surface area (Å²) >= 11 is 0. The summed E-state index contributed by atoms with van der Waals surface area (Å²) in [6.07, 6.45) is 1.09. The van der Waals surface area contributed by atoms with Crippen LogP contribution in [0.1, 0.15) is 27.7 Å². The molecule has 0 aromatic heterocycles. The number of amides is 1. The van der Waals surface area contributed by atoms with Crippen LogP contribution in [-0.2, 0) is 14.8 Å². The maximum absolute atomic E-state index is 12.6. The molecule has 2 atom stereocenters. The Morgan fingerprint density at radius 3 is 1.96 bits per heavy atom. The van der Waals surface area contributed by atoms with E-state index in [1.54, 1.807) is 31.2 Å². The summed E-state index contributed by atoms with van der Waals surface area (Å²) in [7, 11) is -3.66.